The Hall–Kier alpha value is -3.46. The van der Waals surface area contributed by atoms with Crippen LogP contribution in [0, 0.1) is 5.92 Å². The molecule has 2 fully saturated rings. The molecule has 0 spiro atoms. The summed E-state index contributed by atoms with van der Waals surface area (Å²) in [5.74, 6) is 1.20. The van der Waals surface area contributed by atoms with Crippen molar-refractivity contribution >= 4 is 23.0 Å². The number of aromatic amines is 1. The number of H-pyrrole nitrogens is 1. The molecule has 0 bridgehead atoms. The highest BCUT2D eigenvalue weighted by Crippen LogP contribution is 2.41. The summed E-state index contributed by atoms with van der Waals surface area (Å²) in [6, 6.07) is 9.36. The van der Waals surface area contributed by atoms with Gasteiger partial charge in [0.15, 0.2) is 5.65 Å². The maximum Gasteiger partial charge on any atom is 0.327 e. The van der Waals surface area contributed by atoms with Crippen LogP contribution in [0.1, 0.15) is 56.3 Å². The summed E-state index contributed by atoms with van der Waals surface area (Å²) in [6.45, 7) is 9.83. The van der Waals surface area contributed by atoms with Gasteiger partial charge in [0.2, 0.25) is 11.9 Å². The zero-order chi connectivity index (χ0) is 24.5. The number of likely N-dealkylation sites (tertiary alicyclic amines) is 1. The van der Waals surface area contributed by atoms with Gasteiger partial charge in [-0.1, -0.05) is 43.7 Å². The van der Waals surface area contributed by atoms with Crippen molar-refractivity contribution in [1.82, 2.24) is 29.7 Å². The lowest BCUT2D eigenvalue weighted by atomic mass is 9.93. The first kappa shape index (κ1) is 23.3. The molecule has 2 aromatic heterocycles. The highest BCUT2D eigenvalue weighted by molar-refractivity contribution is 5.87. The summed E-state index contributed by atoms with van der Waals surface area (Å²) in [7, 11) is 0. The SMILES string of the molecule is C=CC(=O)NC1CN(C(CC2CC2)c2ccc([C@H](C)Nc3ncc4[nH]c(=O)n(CC)c4n3)cc2)C1. The van der Waals surface area contributed by atoms with E-state index >= 15 is 0 Å². The van der Waals surface area contributed by atoms with Crippen LogP contribution in [-0.2, 0) is 11.3 Å². The van der Waals surface area contributed by atoms with Crippen LogP contribution in [0.5, 0.6) is 0 Å². The van der Waals surface area contributed by atoms with Crippen LogP contribution >= 0.6 is 0 Å². The standard InChI is InChI=1S/C26H33N7O2/c1-4-23(34)29-20-14-32(15-20)22(12-17-6-7-17)19-10-8-18(9-11-19)16(3)28-25-27-13-21-24(31-25)33(5-2)26(35)30-21/h4,8-11,13,16-17,20,22H,1,5-7,12,14-15H2,2-3H3,(H,29,34)(H,30,35)(H,27,28,31)/t16-,22?/m0/s1. The Kier molecular flexibility index (Phi) is 6.42. The number of fused-ring (bicyclic) bond motifs is 1. The van der Waals surface area contributed by atoms with Crippen LogP contribution in [0.2, 0.25) is 0 Å². The lowest BCUT2D eigenvalue weighted by Gasteiger charge is -2.45. The van der Waals surface area contributed by atoms with Gasteiger partial charge in [-0.05, 0) is 43.4 Å². The fraction of sp³-hybridized carbons (Fsp3) is 0.462. The Balaban J connectivity index is 1.26. The Morgan fingerprint density at radius 3 is 2.63 bits per heavy atom. The third-order valence-corrected chi connectivity index (χ3v) is 7.13. The van der Waals surface area contributed by atoms with E-state index < -0.39 is 0 Å². The zero-order valence-electron chi connectivity index (χ0n) is 20.3. The normalized spacial score (nSPS) is 18.1. The summed E-state index contributed by atoms with van der Waals surface area (Å²) in [4.78, 5) is 37.8. The number of nitrogens with one attached hydrogen (secondary N) is 3. The molecule has 5 rings (SSSR count). The van der Waals surface area contributed by atoms with E-state index in [4.69, 9.17) is 0 Å². The van der Waals surface area contributed by atoms with E-state index in [2.05, 4.69) is 68.3 Å². The lowest BCUT2D eigenvalue weighted by molar-refractivity contribution is -0.118. The van der Waals surface area contributed by atoms with Crippen molar-refractivity contribution in [3.8, 4) is 0 Å². The molecular weight excluding hydrogens is 442 g/mol. The number of rotatable bonds is 10. The van der Waals surface area contributed by atoms with Gasteiger partial charge in [0.05, 0.1) is 18.3 Å². The van der Waals surface area contributed by atoms with E-state index in [-0.39, 0.29) is 23.7 Å². The second-order valence-electron chi connectivity index (χ2n) is 9.70. The van der Waals surface area contributed by atoms with E-state index in [1.54, 1.807) is 10.8 Å². The lowest BCUT2D eigenvalue weighted by Crippen LogP contribution is -2.59. The quantitative estimate of drug-likeness (QED) is 0.389. The van der Waals surface area contributed by atoms with Crippen molar-refractivity contribution < 1.29 is 4.79 Å². The topological polar surface area (TPSA) is 108 Å². The van der Waals surface area contributed by atoms with E-state index in [1.165, 1.54) is 30.9 Å². The van der Waals surface area contributed by atoms with Gasteiger partial charge >= 0.3 is 5.69 Å². The molecular formula is C26H33N7O2. The summed E-state index contributed by atoms with van der Waals surface area (Å²) in [5.41, 5.74) is 3.54. The van der Waals surface area contributed by atoms with Crippen LogP contribution in [0.25, 0.3) is 11.2 Å². The number of carbonyl (C=O) groups is 1. The summed E-state index contributed by atoms with van der Waals surface area (Å²) in [6.07, 6.45) is 6.78. The molecule has 3 N–H and O–H groups in total. The third kappa shape index (κ3) is 5.00. The van der Waals surface area contributed by atoms with Crippen LogP contribution in [0.4, 0.5) is 5.95 Å². The van der Waals surface area contributed by atoms with Crippen molar-refractivity contribution in [3.63, 3.8) is 0 Å². The first-order valence-corrected chi connectivity index (χ1v) is 12.4. The number of benzene rings is 1. The Labute approximate surface area is 204 Å². The molecule has 35 heavy (non-hydrogen) atoms. The molecule has 9 heteroatoms. The second kappa shape index (κ2) is 9.65. The van der Waals surface area contributed by atoms with Crippen molar-refractivity contribution in [3.05, 3.63) is 64.7 Å². The molecule has 3 heterocycles. The monoisotopic (exact) mass is 475 g/mol. The van der Waals surface area contributed by atoms with Crippen LogP contribution in [0.3, 0.4) is 0 Å². The van der Waals surface area contributed by atoms with E-state index in [9.17, 15) is 9.59 Å². The van der Waals surface area contributed by atoms with Gasteiger partial charge in [0, 0.05) is 25.7 Å². The van der Waals surface area contributed by atoms with Crippen LogP contribution in [-0.4, -0.2) is 49.5 Å². The average molecular weight is 476 g/mol. The molecule has 1 amide bonds. The van der Waals surface area contributed by atoms with E-state index in [0.717, 1.165) is 24.6 Å². The largest absolute Gasteiger partial charge is 0.348 e. The Morgan fingerprint density at radius 1 is 1.26 bits per heavy atom. The third-order valence-electron chi connectivity index (χ3n) is 7.13. The zero-order valence-corrected chi connectivity index (χ0v) is 20.3. The number of hydrogen-bond acceptors (Lipinski definition) is 6. The first-order chi connectivity index (χ1) is 16.9. The smallest absolute Gasteiger partial charge is 0.327 e. The summed E-state index contributed by atoms with van der Waals surface area (Å²) < 4.78 is 1.60. The van der Waals surface area contributed by atoms with Gasteiger partial charge < -0.3 is 15.6 Å². The Morgan fingerprint density at radius 2 is 1.97 bits per heavy atom. The van der Waals surface area contributed by atoms with Gasteiger partial charge in [-0.2, -0.15) is 4.98 Å². The summed E-state index contributed by atoms with van der Waals surface area (Å²) >= 11 is 0. The predicted molar refractivity (Wildman–Crippen MR) is 136 cm³/mol. The fourth-order valence-electron chi connectivity index (χ4n) is 4.88. The van der Waals surface area contributed by atoms with Gasteiger partial charge in [-0.25, -0.2) is 9.78 Å². The molecule has 1 saturated heterocycles. The second-order valence-corrected chi connectivity index (χ2v) is 9.70. The van der Waals surface area contributed by atoms with Crippen molar-refractivity contribution in [1.29, 1.82) is 0 Å². The first-order valence-electron chi connectivity index (χ1n) is 12.4. The maximum absolute atomic E-state index is 12.0. The van der Waals surface area contributed by atoms with E-state index in [1.807, 2.05) is 6.92 Å². The van der Waals surface area contributed by atoms with Crippen molar-refractivity contribution in [2.24, 2.45) is 5.92 Å². The molecule has 1 saturated carbocycles. The highest BCUT2D eigenvalue weighted by Gasteiger charge is 2.36. The molecule has 1 unspecified atom stereocenters. The predicted octanol–water partition coefficient (Wildman–Crippen LogP) is 3.14. The molecule has 1 aliphatic heterocycles. The summed E-state index contributed by atoms with van der Waals surface area (Å²) in [5, 5.41) is 6.36. The molecule has 184 valence electrons. The fourth-order valence-corrected chi connectivity index (χ4v) is 4.88. The van der Waals surface area contributed by atoms with Crippen LogP contribution in [0.15, 0.2) is 47.9 Å². The van der Waals surface area contributed by atoms with Crippen molar-refractivity contribution in [2.75, 3.05) is 18.4 Å². The molecule has 2 aliphatic rings. The molecule has 3 aromatic rings. The number of anilines is 1. The average Bonchev–Trinajstić information content (AvgIpc) is 3.60. The number of amides is 1. The number of aryl methyl sites for hydroxylation is 1. The molecule has 2 atom stereocenters. The van der Waals surface area contributed by atoms with Crippen LogP contribution < -0.4 is 16.3 Å². The maximum atomic E-state index is 12.0. The molecule has 0 radical (unpaired) electrons. The minimum absolute atomic E-state index is 0.00614. The van der Waals surface area contributed by atoms with Crippen molar-refractivity contribution in [2.45, 2.75) is 57.8 Å². The number of carbonyl (C=O) groups excluding carboxylic acids is 1. The molecule has 9 nitrogen and oxygen atoms in total. The number of nitrogens with zero attached hydrogens (tertiary/aromatic N) is 4. The number of imidazole rings is 1. The van der Waals surface area contributed by atoms with Gasteiger partial charge in [0.1, 0.15) is 5.52 Å². The Bertz CT molecular complexity index is 1270. The number of hydrogen-bond donors (Lipinski definition) is 3. The van der Waals surface area contributed by atoms with E-state index in [0.29, 0.717) is 29.7 Å². The van der Waals surface area contributed by atoms with Gasteiger partial charge in [-0.15, -0.1) is 0 Å². The molecule has 1 aromatic carbocycles. The molecule has 1 aliphatic carbocycles. The van der Waals surface area contributed by atoms with Gasteiger partial charge in [0.25, 0.3) is 0 Å². The van der Waals surface area contributed by atoms with Gasteiger partial charge in [-0.3, -0.25) is 14.3 Å². The minimum atomic E-state index is -0.171. The highest BCUT2D eigenvalue weighted by atomic mass is 16.2. The number of aromatic nitrogens is 4. The minimum Gasteiger partial charge on any atom is -0.348 e.